The van der Waals surface area contributed by atoms with Crippen molar-refractivity contribution in [1.82, 2.24) is 0 Å². The molecule has 0 aromatic heterocycles. The van der Waals surface area contributed by atoms with Gasteiger partial charge in [-0.1, -0.05) is 13.8 Å². The predicted molar refractivity (Wildman–Crippen MR) is 51.9 cm³/mol. The van der Waals surface area contributed by atoms with Gasteiger partial charge in [-0.3, -0.25) is 0 Å². The Labute approximate surface area is 76.5 Å². The number of unbranched alkanes of at least 4 members (excludes halogenated alkanes) is 2. The van der Waals surface area contributed by atoms with E-state index in [4.69, 9.17) is 10.00 Å². The van der Waals surface area contributed by atoms with Crippen LogP contribution in [0.25, 0.3) is 0 Å². The highest BCUT2D eigenvalue weighted by molar-refractivity contribution is 4.67. The maximum atomic E-state index is 8.18. The summed E-state index contributed by atoms with van der Waals surface area (Å²) in [6.07, 6.45) is 2.94. The molecule has 0 saturated carbocycles. The van der Waals surface area contributed by atoms with Gasteiger partial charge >= 0.3 is 0 Å². The fourth-order valence-corrected chi connectivity index (χ4v) is 0.625. The number of hydrogen-bond acceptors (Lipinski definition) is 2. The van der Waals surface area contributed by atoms with Gasteiger partial charge in [0.05, 0.1) is 12.2 Å². The molecule has 12 heavy (non-hydrogen) atoms. The van der Waals surface area contributed by atoms with Gasteiger partial charge in [0.1, 0.15) is 0 Å². The van der Waals surface area contributed by atoms with Gasteiger partial charge in [0, 0.05) is 13.0 Å². The second-order valence-electron chi connectivity index (χ2n) is 2.53. The van der Waals surface area contributed by atoms with E-state index in [0.29, 0.717) is 12.5 Å². The number of nitriles is 1. The number of rotatable bonds is 5. The van der Waals surface area contributed by atoms with Crippen LogP contribution in [0.1, 0.15) is 47.0 Å². The Balaban J connectivity index is 0. The summed E-state index contributed by atoms with van der Waals surface area (Å²) in [6, 6.07) is 2.10. The minimum atomic E-state index is 0.321. The first-order valence-electron chi connectivity index (χ1n) is 4.76. The molecule has 0 heterocycles. The lowest BCUT2D eigenvalue weighted by Crippen LogP contribution is -2.03. The third-order valence-corrected chi connectivity index (χ3v) is 1.13. The summed E-state index contributed by atoms with van der Waals surface area (Å²) in [5, 5.41) is 8.18. The SMILES string of the molecule is CC.CC(C)OCCCCC#N. The zero-order valence-corrected chi connectivity index (χ0v) is 8.76. The van der Waals surface area contributed by atoms with Crippen molar-refractivity contribution in [2.45, 2.75) is 53.1 Å². The molecule has 0 aliphatic heterocycles. The molecule has 0 atom stereocenters. The van der Waals surface area contributed by atoms with Gasteiger partial charge < -0.3 is 4.74 Å². The van der Waals surface area contributed by atoms with Crippen molar-refractivity contribution in [3.8, 4) is 6.07 Å². The molecule has 0 aromatic carbocycles. The zero-order valence-electron chi connectivity index (χ0n) is 8.76. The Morgan fingerprint density at radius 2 is 1.83 bits per heavy atom. The second-order valence-corrected chi connectivity index (χ2v) is 2.53. The van der Waals surface area contributed by atoms with Crippen LogP contribution in [0.15, 0.2) is 0 Å². The first-order valence-corrected chi connectivity index (χ1v) is 4.76. The van der Waals surface area contributed by atoms with Gasteiger partial charge in [-0.05, 0) is 26.7 Å². The molecule has 0 fully saturated rings. The van der Waals surface area contributed by atoms with Crippen LogP contribution < -0.4 is 0 Å². The smallest absolute Gasteiger partial charge is 0.0621 e. The third kappa shape index (κ3) is 16.2. The Bertz CT molecular complexity index is 105. The Morgan fingerprint density at radius 3 is 2.25 bits per heavy atom. The summed E-state index contributed by atoms with van der Waals surface area (Å²) in [5.74, 6) is 0. The fraction of sp³-hybridized carbons (Fsp3) is 0.900. The molecule has 2 heteroatoms. The quantitative estimate of drug-likeness (QED) is 0.595. The molecular formula is C10H21NO. The molecule has 2 nitrogen and oxygen atoms in total. The van der Waals surface area contributed by atoms with Crippen LogP contribution in [0.3, 0.4) is 0 Å². The van der Waals surface area contributed by atoms with E-state index in [1.54, 1.807) is 0 Å². The molecule has 0 aromatic rings. The highest BCUT2D eigenvalue weighted by atomic mass is 16.5. The van der Waals surface area contributed by atoms with E-state index < -0.39 is 0 Å². The number of nitrogens with zero attached hydrogens (tertiary/aromatic N) is 1. The van der Waals surface area contributed by atoms with Gasteiger partial charge in [-0.15, -0.1) is 0 Å². The molecule has 0 unspecified atom stereocenters. The molecule has 0 bridgehead atoms. The minimum Gasteiger partial charge on any atom is -0.379 e. The standard InChI is InChI=1S/C8H15NO.C2H6/c1-8(2)10-7-5-3-4-6-9;1-2/h8H,3-5,7H2,1-2H3;1-2H3. The summed E-state index contributed by atoms with van der Waals surface area (Å²) in [5.41, 5.74) is 0. The highest BCUT2D eigenvalue weighted by Gasteiger charge is 1.91. The van der Waals surface area contributed by atoms with Crippen molar-refractivity contribution in [2.75, 3.05) is 6.61 Å². The fourth-order valence-electron chi connectivity index (χ4n) is 0.625. The zero-order chi connectivity index (χ0) is 9.82. The summed E-state index contributed by atoms with van der Waals surface area (Å²) in [6.45, 7) is 8.83. The van der Waals surface area contributed by atoms with E-state index in [-0.39, 0.29) is 0 Å². The first-order chi connectivity index (χ1) is 5.77. The van der Waals surface area contributed by atoms with Crippen LogP contribution >= 0.6 is 0 Å². The van der Waals surface area contributed by atoms with Crippen molar-refractivity contribution in [1.29, 1.82) is 5.26 Å². The maximum Gasteiger partial charge on any atom is 0.0621 e. The largest absolute Gasteiger partial charge is 0.379 e. The highest BCUT2D eigenvalue weighted by Crippen LogP contribution is 1.96. The third-order valence-electron chi connectivity index (χ3n) is 1.13. The molecule has 72 valence electrons. The van der Waals surface area contributed by atoms with E-state index in [1.165, 1.54) is 0 Å². The van der Waals surface area contributed by atoms with Gasteiger partial charge in [0.25, 0.3) is 0 Å². The molecule has 0 saturated heterocycles. The topological polar surface area (TPSA) is 33.0 Å². The minimum absolute atomic E-state index is 0.321. The van der Waals surface area contributed by atoms with E-state index in [9.17, 15) is 0 Å². The van der Waals surface area contributed by atoms with E-state index >= 15 is 0 Å². The molecule has 0 aliphatic rings. The Kier molecular flexibility index (Phi) is 15.2. The van der Waals surface area contributed by atoms with Crippen molar-refractivity contribution in [3.05, 3.63) is 0 Å². The molecule has 0 N–H and O–H groups in total. The van der Waals surface area contributed by atoms with Crippen LogP contribution in [-0.4, -0.2) is 12.7 Å². The molecule has 0 spiro atoms. The number of ether oxygens (including phenoxy) is 1. The normalized spacial score (nSPS) is 8.67. The lowest BCUT2D eigenvalue weighted by Gasteiger charge is -2.05. The average molecular weight is 171 g/mol. The van der Waals surface area contributed by atoms with Crippen molar-refractivity contribution in [3.63, 3.8) is 0 Å². The monoisotopic (exact) mass is 171 g/mol. The van der Waals surface area contributed by atoms with Crippen molar-refractivity contribution >= 4 is 0 Å². The van der Waals surface area contributed by atoms with Crippen LogP contribution in [0.4, 0.5) is 0 Å². The van der Waals surface area contributed by atoms with Gasteiger partial charge in [0.15, 0.2) is 0 Å². The lowest BCUT2D eigenvalue weighted by molar-refractivity contribution is 0.0762. The first kappa shape index (κ1) is 14.0. The van der Waals surface area contributed by atoms with Crippen LogP contribution in [0.2, 0.25) is 0 Å². The maximum absolute atomic E-state index is 8.18. The Hall–Kier alpha value is -0.550. The van der Waals surface area contributed by atoms with Crippen molar-refractivity contribution in [2.24, 2.45) is 0 Å². The van der Waals surface area contributed by atoms with Crippen molar-refractivity contribution < 1.29 is 4.74 Å². The van der Waals surface area contributed by atoms with Crippen LogP contribution in [0, 0.1) is 11.3 Å². The average Bonchev–Trinajstić information content (AvgIpc) is 2.07. The molecule has 0 aliphatic carbocycles. The number of hydrogen-bond donors (Lipinski definition) is 0. The summed E-state index contributed by atoms with van der Waals surface area (Å²) in [4.78, 5) is 0. The van der Waals surface area contributed by atoms with Gasteiger partial charge in [-0.25, -0.2) is 0 Å². The summed E-state index contributed by atoms with van der Waals surface area (Å²) < 4.78 is 5.28. The van der Waals surface area contributed by atoms with E-state index in [1.807, 2.05) is 27.7 Å². The van der Waals surface area contributed by atoms with E-state index in [0.717, 1.165) is 19.4 Å². The van der Waals surface area contributed by atoms with E-state index in [2.05, 4.69) is 6.07 Å². The molecule has 0 radical (unpaired) electrons. The van der Waals surface area contributed by atoms with Crippen LogP contribution in [0.5, 0.6) is 0 Å². The second kappa shape index (κ2) is 13.1. The summed E-state index contributed by atoms with van der Waals surface area (Å²) >= 11 is 0. The predicted octanol–water partition coefficient (Wildman–Crippen LogP) is 3.13. The van der Waals surface area contributed by atoms with Gasteiger partial charge in [-0.2, -0.15) is 5.26 Å². The summed E-state index contributed by atoms with van der Waals surface area (Å²) in [7, 11) is 0. The van der Waals surface area contributed by atoms with Crippen LogP contribution in [-0.2, 0) is 4.74 Å². The molecule has 0 rings (SSSR count). The van der Waals surface area contributed by atoms with Gasteiger partial charge in [0.2, 0.25) is 0 Å². The lowest BCUT2D eigenvalue weighted by atomic mass is 10.2. The Morgan fingerprint density at radius 1 is 1.25 bits per heavy atom. The molecular weight excluding hydrogens is 150 g/mol. The molecule has 0 amide bonds.